The SMILES string of the molecule is N#Cc1cnc(NCc2ccccc2S)nc1NCC12CC3C[C@H](C1)C(NCCO)[C@@H](C3)C2. The highest BCUT2D eigenvalue weighted by Crippen LogP contribution is 2.60. The smallest absolute Gasteiger partial charge is 0.224 e. The summed E-state index contributed by atoms with van der Waals surface area (Å²) in [6.45, 7) is 2.30. The Morgan fingerprint density at radius 2 is 1.94 bits per heavy atom. The quantitative estimate of drug-likeness (QED) is 0.362. The van der Waals surface area contributed by atoms with Crippen LogP contribution in [0.5, 0.6) is 0 Å². The number of thiol groups is 1. The third kappa shape index (κ3) is 4.68. The van der Waals surface area contributed by atoms with Crippen LogP contribution in [0.3, 0.4) is 0 Å². The van der Waals surface area contributed by atoms with Gasteiger partial charge in [-0.25, -0.2) is 4.98 Å². The van der Waals surface area contributed by atoms with Gasteiger partial charge in [0, 0.05) is 30.6 Å². The largest absolute Gasteiger partial charge is 0.395 e. The number of benzene rings is 1. The van der Waals surface area contributed by atoms with E-state index < -0.39 is 0 Å². The third-order valence-electron chi connectivity index (χ3n) is 7.86. The number of anilines is 2. The van der Waals surface area contributed by atoms with Gasteiger partial charge in [0.05, 0.1) is 12.8 Å². The van der Waals surface area contributed by atoms with Crippen LogP contribution in [0.2, 0.25) is 0 Å². The summed E-state index contributed by atoms with van der Waals surface area (Å²) < 4.78 is 0. The standard InChI is InChI=1S/C25H32N6OS/c26-12-20-14-29-24(28-13-17-3-1-2-4-21(17)33)31-23(20)30-15-25-9-16-7-18(10-25)22(27-5-6-32)19(8-16)11-25/h1-4,14,16,18-19,22,27,32-33H,5-11,13,15H2,(H2,28,29,30,31)/t16?,18-,19+,22?,25?. The van der Waals surface area contributed by atoms with E-state index in [4.69, 9.17) is 0 Å². The molecule has 0 aliphatic heterocycles. The van der Waals surface area contributed by atoms with E-state index in [1.165, 1.54) is 32.1 Å². The van der Waals surface area contributed by atoms with Gasteiger partial charge in [0.25, 0.3) is 0 Å². The van der Waals surface area contributed by atoms with E-state index in [1.807, 2.05) is 24.3 Å². The van der Waals surface area contributed by atoms with Crippen LogP contribution in [0.4, 0.5) is 11.8 Å². The van der Waals surface area contributed by atoms with Gasteiger partial charge in [-0.15, -0.1) is 12.6 Å². The van der Waals surface area contributed by atoms with Crippen molar-refractivity contribution in [2.24, 2.45) is 23.2 Å². The zero-order chi connectivity index (χ0) is 22.8. The zero-order valence-electron chi connectivity index (χ0n) is 18.8. The molecule has 174 valence electrons. The summed E-state index contributed by atoms with van der Waals surface area (Å²) in [5.74, 6) is 3.29. The molecule has 0 saturated heterocycles. The van der Waals surface area contributed by atoms with Gasteiger partial charge in [-0.1, -0.05) is 18.2 Å². The number of aromatic nitrogens is 2. The van der Waals surface area contributed by atoms with E-state index >= 15 is 0 Å². The Morgan fingerprint density at radius 1 is 1.15 bits per heavy atom. The summed E-state index contributed by atoms with van der Waals surface area (Å²) in [5.41, 5.74) is 1.81. The zero-order valence-corrected chi connectivity index (χ0v) is 19.7. The number of nitrogens with zero attached hydrogens (tertiary/aromatic N) is 3. The molecule has 0 spiro atoms. The van der Waals surface area contributed by atoms with E-state index in [-0.39, 0.29) is 12.0 Å². The molecule has 1 aromatic heterocycles. The molecular formula is C25H32N6OS. The van der Waals surface area contributed by atoms with E-state index in [9.17, 15) is 10.4 Å². The minimum absolute atomic E-state index is 0.201. The molecule has 4 aliphatic carbocycles. The lowest BCUT2D eigenvalue weighted by Crippen LogP contribution is -2.60. The fraction of sp³-hybridized carbons (Fsp3) is 0.560. The summed E-state index contributed by atoms with van der Waals surface area (Å²) in [4.78, 5) is 9.89. The lowest BCUT2D eigenvalue weighted by atomic mass is 9.48. The van der Waals surface area contributed by atoms with E-state index in [1.54, 1.807) is 6.20 Å². The van der Waals surface area contributed by atoms with Crippen LogP contribution in [0, 0.1) is 34.5 Å². The molecule has 33 heavy (non-hydrogen) atoms. The Kier molecular flexibility index (Phi) is 6.46. The molecule has 0 amide bonds. The molecule has 3 unspecified atom stereocenters. The number of aliphatic hydroxyl groups excluding tert-OH is 1. The van der Waals surface area contributed by atoms with Gasteiger partial charge >= 0.3 is 0 Å². The first kappa shape index (κ1) is 22.5. The van der Waals surface area contributed by atoms with Crippen LogP contribution in [0.1, 0.15) is 43.2 Å². The lowest BCUT2D eigenvalue weighted by molar-refractivity contribution is -0.0698. The number of hydrogen-bond acceptors (Lipinski definition) is 8. The van der Waals surface area contributed by atoms with Crippen molar-refractivity contribution in [3.05, 3.63) is 41.6 Å². The van der Waals surface area contributed by atoms with Crippen molar-refractivity contribution in [1.82, 2.24) is 15.3 Å². The molecule has 4 saturated carbocycles. The average molecular weight is 465 g/mol. The highest BCUT2D eigenvalue weighted by atomic mass is 32.1. The van der Waals surface area contributed by atoms with Gasteiger partial charge in [-0.2, -0.15) is 10.2 Å². The van der Waals surface area contributed by atoms with Crippen molar-refractivity contribution in [3.8, 4) is 6.07 Å². The van der Waals surface area contributed by atoms with Crippen LogP contribution >= 0.6 is 12.6 Å². The van der Waals surface area contributed by atoms with Gasteiger partial charge in [0.15, 0.2) is 0 Å². The number of nitriles is 1. The summed E-state index contributed by atoms with van der Waals surface area (Å²) in [6, 6.07) is 10.7. The van der Waals surface area contributed by atoms with E-state index in [0.29, 0.717) is 48.3 Å². The molecular weight excluding hydrogens is 432 g/mol. The van der Waals surface area contributed by atoms with Crippen LogP contribution in [-0.2, 0) is 6.54 Å². The first-order valence-corrected chi connectivity index (χ1v) is 12.4. The monoisotopic (exact) mass is 464 g/mol. The molecule has 1 aromatic carbocycles. The molecule has 1 heterocycles. The molecule has 0 radical (unpaired) electrons. The predicted molar refractivity (Wildman–Crippen MR) is 131 cm³/mol. The Hall–Kier alpha value is -2.34. The first-order valence-electron chi connectivity index (χ1n) is 11.9. The second-order valence-corrected chi connectivity index (χ2v) is 10.6. The Bertz CT molecular complexity index is 1020. The van der Waals surface area contributed by atoms with Gasteiger partial charge in [-0.05, 0) is 66.9 Å². The van der Waals surface area contributed by atoms with Gasteiger partial charge in [0.1, 0.15) is 17.5 Å². The molecule has 4 N–H and O–H groups in total. The van der Waals surface area contributed by atoms with Crippen LogP contribution in [0.25, 0.3) is 0 Å². The topological polar surface area (TPSA) is 106 Å². The third-order valence-corrected chi connectivity index (χ3v) is 8.30. The Balaban J connectivity index is 1.26. The minimum Gasteiger partial charge on any atom is -0.395 e. The molecule has 2 aromatic rings. The fourth-order valence-electron chi connectivity index (χ4n) is 6.76. The first-order chi connectivity index (χ1) is 16.1. The van der Waals surface area contributed by atoms with Crippen molar-refractivity contribution >= 4 is 24.4 Å². The second kappa shape index (κ2) is 9.49. The molecule has 6 rings (SSSR count). The summed E-state index contributed by atoms with van der Waals surface area (Å²) >= 11 is 4.50. The average Bonchev–Trinajstić information content (AvgIpc) is 2.81. The minimum atomic E-state index is 0.201. The Morgan fingerprint density at radius 3 is 2.67 bits per heavy atom. The van der Waals surface area contributed by atoms with Crippen LogP contribution < -0.4 is 16.0 Å². The van der Waals surface area contributed by atoms with Crippen molar-refractivity contribution in [2.75, 3.05) is 30.3 Å². The highest BCUT2D eigenvalue weighted by Gasteiger charge is 2.54. The maximum atomic E-state index is 9.60. The van der Waals surface area contributed by atoms with Crippen molar-refractivity contribution in [2.45, 2.75) is 49.6 Å². The molecule has 4 bridgehead atoms. The van der Waals surface area contributed by atoms with E-state index in [2.05, 4.69) is 44.6 Å². The number of aliphatic hydroxyl groups is 1. The van der Waals surface area contributed by atoms with Crippen molar-refractivity contribution in [1.29, 1.82) is 5.26 Å². The molecule has 8 heteroatoms. The Labute approximate surface area is 200 Å². The van der Waals surface area contributed by atoms with Gasteiger partial charge < -0.3 is 21.1 Å². The van der Waals surface area contributed by atoms with Gasteiger partial charge in [-0.3, -0.25) is 0 Å². The van der Waals surface area contributed by atoms with Crippen molar-refractivity contribution in [3.63, 3.8) is 0 Å². The number of rotatable bonds is 9. The maximum absolute atomic E-state index is 9.60. The summed E-state index contributed by atoms with van der Waals surface area (Å²) in [7, 11) is 0. The summed E-state index contributed by atoms with van der Waals surface area (Å²) in [5, 5.41) is 29.3. The second-order valence-electron chi connectivity index (χ2n) is 10.1. The lowest BCUT2D eigenvalue weighted by Gasteiger charge is -2.60. The van der Waals surface area contributed by atoms with Gasteiger partial charge in [0.2, 0.25) is 5.95 Å². The molecule has 4 fully saturated rings. The number of hydrogen-bond donors (Lipinski definition) is 5. The highest BCUT2D eigenvalue weighted by molar-refractivity contribution is 7.80. The fourth-order valence-corrected chi connectivity index (χ4v) is 7.00. The number of nitrogens with one attached hydrogen (secondary N) is 3. The predicted octanol–water partition coefficient (Wildman–Crippen LogP) is 3.44. The molecule has 7 nitrogen and oxygen atoms in total. The van der Waals surface area contributed by atoms with Crippen LogP contribution in [-0.4, -0.2) is 40.8 Å². The summed E-state index contributed by atoms with van der Waals surface area (Å²) in [6.07, 6.45) is 7.87. The molecule has 5 atom stereocenters. The normalized spacial score (nSPS) is 29.6. The van der Waals surface area contributed by atoms with Crippen molar-refractivity contribution < 1.29 is 5.11 Å². The van der Waals surface area contributed by atoms with Crippen LogP contribution in [0.15, 0.2) is 35.4 Å². The maximum Gasteiger partial charge on any atom is 0.224 e. The molecule has 4 aliphatic rings. The van der Waals surface area contributed by atoms with E-state index in [0.717, 1.165) is 22.9 Å².